The molecule has 3 aromatic rings. The summed E-state index contributed by atoms with van der Waals surface area (Å²) in [4.78, 5) is 14.2. The Morgan fingerprint density at radius 2 is 1.87 bits per heavy atom. The zero-order valence-corrected chi connectivity index (χ0v) is 17.6. The first kappa shape index (κ1) is 21.3. The number of nitrogens with zero attached hydrogens (tertiary/aromatic N) is 1. The number of morpholine rings is 1. The summed E-state index contributed by atoms with van der Waals surface area (Å²) in [6.07, 6.45) is 1.52. The minimum Gasteiger partial charge on any atom is -0.486 e. The molecule has 4 rings (SSSR count). The topological polar surface area (TPSA) is 61.1 Å². The van der Waals surface area contributed by atoms with Crippen molar-refractivity contribution in [1.82, 2.24) is 4.90 Å². The number of carbonyl (C=O) groups is 1. The highest BCUT2D eigenvalue weighted by molar-refractivity contribution is 5.87. The van der Waals surface area contributed by atoms with Crippen molar-refractivity contribution in [2.24, 2.45) is 0 Å². The highest BCUT2D eigenvalue weighted by atomic mass is 19.1. The van der Waals surface area contributed by atoms with E-state index in [0.717, 1.165) is 38.4 Å². The van der Waals surface area contributed by atoms with Crippen molar-refractivity contribution in [3.63, 3.8) is 0 Å². The second-order valence-electron chi connectivity index (χ2n) is 7.52. The van der Waals surface area contributed by atoms with E-state index in [-0.39, 0.29) is 24.7 Å². The third-order valence-electron chi connectivity index (χ3n) is 5.28. The predicted octanol–water partition coefficient (Wildman–Crippen LogP) is 4.09. The van der Waals surface area contributed by atoms with Crippen LogP contribution in [-0.2, 0) is 33.8 Å². The van der Waals surface area contributed by atoms with E-state index >= 15 is 0 Å². The van der Waals surface area contributed by atoms with Crippen LogP contribution in [0.4, 0.5) is 4.39 Å². The number of ether oxygens (including phenoxy) is 3. The Labute approximate surface area is 180 Å². The second-order valence-corrected chi connectivity index (χ2v) is 7.52. The van der Waals surface area contributed by atoms with E-state index in [1.807, 2.05) is 12.1 Å². The van der Waals surface area contributed by atoms with Gasteiger partial charge in [-0.25, -0.2) is 4.39 Å². The zero-order chi connectivity index (χ0) is 21.6. The Hall–Kier alpha value is -2.90. The van der Waals surface area contributed by atoms with E-state index in [0.29, 0.717) is 23.1 Å². The van der Waals surface area contributed by atoms with Gasteiger partial charge in [0.1, 0.15) is 12.2 Å². The molecule has 0 bridgehead atoms. The fraction of sp³-hybridized carbons (Fsp3) is 0.375. The number of esters is 1. The molecular weight excluding hydrogens is 401 g/mol. The van der Waals surface area contributed by atoms with Crippen molar-refractivity contribution in [1.29, 1.82) is 0 Å². The second kappa shape index (κ2) is 9.94. The van der Waals surface area contributed by atoms with Gasteiger partial charge in [-0.15, -0.1) is 0 Å². The highest BCUT2D eigenvalue weighted by Crippen LogP contribution is 2.30. The Morgan fingerprint density at radius 1 is 1.13 bits per heavy atom. The van der Waals surface area contributed by atoms with Crippen molar-refractivity contribution in [3.8, 4) is 5.75 Å². The number of hydrogen-bond donors (Lipinski definition) is 0. The monoisotopic (exact) mass is 427 g/mol. The molecule has 0 saturated carbocycles. The normalized spacial score (nSPS) is 14.6. The number of fused-ring (bicyclic) bond motifs is 1. The maximum Gasteiger partial charge on any atom is 0.310 e. The SMILES string of the molecule is CCOC(=O)Cc1coc2cc(F)c(OCc3ccc(CN4CCOCC4)cc3)cc12. The molecule has 0 aliphatic carbocycles. The molecule has 1 aromatic heterocycles. The van der Waals surface area contributed by atoms with Crippen molar-refractivity contribution < 1.29 is 27.8 Å². The van der Waals surface area contributed by atoms with Gasteiger partial charge < -0.3 is 18.6 Å². The minimum absolute atomic E-state index is 0.0660. The van der Waals surface area contributed by atoms with E-state index < -0.39 is 5.82 Å². The quantitative estimate of drug-likeness (QED) is 0.505. The Morgan fingerprint density at radius 3 is 2.61 bits per heavy atom. The van der Waals surface area contributed by atoms with Crippen LogP contribution in [-0.4, -0.2) is 43.8 Å². The lowest BCUT2D eigenvalue weighted by Gasteiger charge is -2.26. The number of halogens is 1. The van der Waals surface area contributed by atoms with Crippen LogP contribution in [0.25, 0.3) is 11.0 Å². The largest absolute Gasteiger partial charge is 0.486 e. The van der Waals surface area contributed by atoms with Crippen LogP contribution in [0.2, 0.25) is 0 Å². The minimum atomic E-state index is -0.506. The molecule has 0 spiro atoms. The van der Waals surface area contributed by atoms with Gasteiger partial charge in [0.05, 0.1) is 32.5 Å². The third kappa shape index (κ3) is 5.42. The molecule has 0 radical (unpaired) electrons. The van der Waals surface area contributed by atoms with E-state index in [1.165, 1.54) is 17.9 Å². The first-order chi connectivity index (χ1) is 15.1. The molecule has 0 amide bonds. The molecule has 164 valence electrons. The van der Waals surface area contributed by atoms with Crippen molar-refractivity contribution in [3.05, 3.63) is 65.2 Å². The van der Waals surface area contributed by atoms with Gasteiger partial charge in [0.2, 0.25) is 0 Å². The summed E-state index contributed by atoms with van der Waals surface area (Å²) >= 11 is 0. The molecule has 7 heteroatoms. The molecule has 31 heavy (non-hydrogen) atoms. The molecule has 0 atom stereocenters. The molecule has 1 saturated heterocycles. The molecule has 1 aliphatic heterocycles. The van der Waals surface area contributed by atoms with Crippen LogP contribution in [0.3, 0.4) is 0 Å². The van der Waals surface area contributed by atoms with Crippen LogP contribution in [0.5, 0.6) is 5.75 Å². The van der Waals surface area contributed by atoms with Gasteiger partial charge in [0.25, 0.3) is 0 Å². The Balaban J connectivity index is 1.40. The van der Waals surface area contributed by atoms with Crippen LogP contribution >= 0.6 is 0 Å². The van der Waals surface area contributed by atoms with E-state index in [2.05, 4.69) is 17.0 Å². The fourth-order valence-electron chi connectivity index (χ4n) is 3.62. The summed E-state index contributed by atoms with van der Waals surface area (Å²) in [5, 5.41) is 0.644. The van der Waals surface area contributed by atoms with E-state index in [1.54, 1.807) is 13.0 Å². The summed E-state index contributed by atoms with van der Waals surface area (Å²) in [5.74, 6) is -0.737. The van der Waals surface area contributed by atoms with E-state index in [4.69, 9.17) is 18.6 Å². The van der Waals surface area contributed by atoms with Crippen LogP contribution in [0.1, 0.15) is 23.6 Å². The number of benzene rings is 2. The van der Waals surface area contributed by atoms with Crippen LogP contribution < -0.4 is 4.74 Å². The van der Waals surface area contributed by atoms with Crippen molar-refractivity contribution >= 4 is 16.9 Å². The maximum absolute atomic E-state index is 14.4. The van der Waals surface area contributed by atoms with Gasteiger partial charge in [0.15, 0.2) is 11.6 Å². The fourth-order valence-corrected chi connectivity index (χ4v) is 3.62. The van der Waals surface area contributed by atoms with Crippen molar-refractivity contribution in [2.45, 2.75) is 26.5 Å². The third-order valence-corrected chi connectivity index (χ3v) is 5.28. The van der Waals surface area contributed by atoms with Crippen molar-refractivity contribution in [2.75, 3.05) is 32.9 Å². The average Bonchev–Trinajstić information content (AvgIpc) is 3.15. The lowest BCUT2D eigenvalue weighted by atomic mass is 10.1. The maximum atomic E-state index is 14.4. The molecule has 0 unspecified atom stereocenters. The molecule has 2 heterocycles. The summed E-state index contributed by atoms with van der Waals surface area (Å²) in [6, 6.07) is 11.0. The number of rotatable bonds is 8. The first-order valence-electron chi connectivity index (χ1n) is 10.5. The summed E-state index contributed by atoms with van der Waals surface area (Å²) in [5.41, 5.74) is 3.19. The van der Waals surface area contributed by atoms with Gasteiger partial charge in [0, 0.05) is 36.7 Å². The Bertz CT molecular complexity index is 1020. The standard InChI is InChI=1S/C24H26FNO5/c1-2-29-24(27)11-19-16-31-22-13-21(25)23(12-20(19)22)30-15-18-5-3-17(4-6-18)14-26-7-9-28-10-8-26/h3-6,12-13,16H,2,7-11,14-15H2,1H3. The van der Waals surface area contributed by atoms with Crippen LogP contribution in [0.15, 0.2) is 47.1 Å². The molecule has 1 fully saturated rings. The number of carbonyl (C=O) groups excluding carboxylic acids is 1. The molecule has 0 N–H and O–H groups in total. The summed E-state index contributed by atoms with van der Waals surface area (Å²) in [7, 11) is 0. The Kier molecular flexibility index (Phi) is 6.84. The van der Waals surface area contributed by atoms with E-state index in [9.17, 15) is 9.18 Å². The number of furan rings is 1. The number of hydrogen-bond acceptors (Lipinski definition) is 6. The van der Waals surface area contributed by atoms with Gasteiger partial charge >= 0.3 is 5.97 Å². The average molecular weight is 427 g/mol. The summed E-state index contributed by atoms with van der Waals surface area (Å²) in [6.45, 7) is 6.63. The van der Waals surface area contributed by atoms with Gasteiger partial charge in [-0.1, -0.05) is 24.3 Å². The zero-order valence-electron chi connectivity index (χ0n) is 17.6. The smallest absolute Gasteiger partial charge is 0.310 e. The van der Waals surface area contributed by atoms with Gasteiger partial charge in [-0.3, -0.25) is 9.69 Å². The predicted molar refractivity (Wildman–Crippen MR) is 113 cm³/mol. The lowest BCUT2D eigenvalue weighted by molar-refractivity contribution is -0.142. The molecule has 6 nitrogen and oxygen atoms in total. The molecular formula is C24H26FNO5. The molecule has 2 aromatic carbocycles. The highest BCUT2D eigenvalue weighted by Gasteiger charge is 2.15. The van der Waals surface area contributed by atoms with Gasteiger partial charge in [-0.05, 0) is 24.1 Å². The summed E-state index contributed by atoms with van der Waals surface area (Å²) < 4.78 is 35.9. The van der Waals surface area contributed by atoms with Gasteiger partial charge in [-0.2, -0.15) is 0 Å². The molecule has 1 aliphatic rings. The van der Waals surface area contributed by atoms with Crippen LogP contribution in [0, 0.1) is 5.82 Å². The lowest BCUT2D eigenvalue weighted by Crippen LogP contribution is -2.35. The first-order valence-corrected chi connectivity index (χ1v) is 10.5.